The average Bonchev–Trinajstić information content (AvgIpc) is 2.41. The van der Waals surface area contributed by atoms with Gasteiger partial charge in [-0.1, -0.05) is 38.1 Å². The Labute approximate surface area is 124 Å². The summed E-state index contributed by atoms with van der Waals surface area (Å²) in [4.78, 5) is 2.32. The second-order valence-corrected chi connectivity index (χ2v) is 5.92. The van der Waals surface area contributed by atoms with Crippen LogP contribution in [0.15, 0.2) is 24.3 Å². The molecule has 0 fully saturated rings. The topological polar surface area (TPSA) is 38.5 Å². The number of benzene rings is 1. The van der Waals surface area contributed by atoms with Crippen LogP contribution in [-0.4, -0.2) is 38.8 Å². The second-order valence-electron chi connectivity index (χ2n) is 5.92. The highest BCUT2D eigenvalue weighted by molar-refractivity contribution is 5.25. The highest BCUT2D eigenvalue weighted by Crippen LogP contribution is 2.20. The summed E-state index contributed by atoms with van der Waals surface area (Å²) in [5, 5.41) is 0. The maximum absolute atomic E-state index is 5.96. The van der Waals surface area contributed by atoms with Gasteiger partial charge in [-0.3, -0.25) is 4.90 Å². The van der Waals surface area contributed by atoms with E-state index >= 15 is 0 Å². The quantitative estimate of drug-likeness (QED) is 0.706. The molecule has 1 rings (SSSR count). The molecule has 3 nitrogen and oxygen atoms in total. The third-order valence-corrected chi connectivity index (χ3v) is 3.62. The fourth-order valence-electron chi connectivity index (χ4n) is 2.53. The minimum Gasteiger partial charge on any atom is -0.385 e. The van der Waals surface area contributed by atoms with E-state index in [1.807, 2.05) is 0 Å². The van der Waals surface area contributed by atoms with E-state index < -0.39 is 0 Å². The van der Waals surface area contributed by atoms with Crippen molar-refractivity contribution in [1.82, 2.24) is 4.90 Å². The van der Waals surface area contributed by atoms with Gasteiger partial charge in [0.25, 0.3) is 0 Å². The highest BCUT2D eigenvalue weighted by atomic mass is 16.5. The minimum absolute atomic E-state index is 0.292. The van der Waals surface area contributed by atoms with Crippen molar-refractivity contribution >= 4 is 0 Å². The lowest BCUT2D eigenvalue weighted by molar-refractivity contribution is 0.166. The largest absolute Gasteiger partial charge is 0.385 e. The molecule has 114 valence electrons. The maximum Gasteiger partial charge on any atom is 0.0474 e. The lowest BCUT2D eigenvalue weighted by Crippen LogP contribution is -2.31. The zero-order valence-corrected chi connectivity index (χ0v) is 13.4. The van der Waals surface area contributed by atoms with Crippen LogP contribution in [0.2, 0.25) is 0 Å². The van der Waals surface area contributed by atoms with E-state index in [1.54, 1.807) is 7.11 Å². The lowest BCUT2D eigenvalue weighted by atomic mass is 9.99. The number of hydrogen-bond donors (Lipinski definition) is 1. The molecule has 0 saturated heterocycles. The molecule has 0 saturated carbocycles. The molecule has 0 radical (unpaired) electrons. The van der Waals surface area contributed by atoms with Crippen LogP contribution in [0.5, 0.6) is 0 Å². The molecule has 0 aliphatic heterocycles. The Morgan fingerprint density at radius 1 is 1.20 bits per heavy atom. The van der Waals surface area contributed by atoms with Gasteiger partial charge in [-0.25, -0.2) is 0 Å². The normalized spacial score (nSPS) is 13.2. The van der Waals surface area contributed by atoms with Gasteiger partial charge in [-0.15, -0.1) is 0 Å². The Bertz CT molecular complexity index is 362. The van der Waals surface area contributed by atoms with Gasteiger partial charge in [-0.2, -0.15) is 0 Å². The fourth-order valence-corrected chi connectivity index (χ4v) is 2.53. The molecule has 1 atom stereocenters. The van der Waals surface area contributed by atoms with Gasteiger partial charge in [-0.05, 0) is 36.9 Å². The van der Waals surface area contributed by atoms with Crippen LogP contribution >= 0.6 is 0 Å². The highest BCUT2D eigenvalue weighted by Gasteiger charge is 2.15. The van der Waals surface area contributed by atoms with E-state index in [1.165, 1.54) is 11.1 Å². The van der Waals surface area contributed by atoms with E-state index in [0.717, 1.165) is 26.0 Å². The summed E-state index contributed by atoms with van der Waals surface area (Å²) in [5.41, 5.74) is 8.67. The monoisotopic (exact) mass is 278 g/mol. The molecular weight excluding hydrogens is 248 g/mol. The van der Waals surface area contributed by atoms with Crippen molar-refractivity contribution in [2.24, 2.45) is 11.7 Å². The third kappa shape index (κ3) is 5.61. The fraction of sp³-hybridized carbons (Fsp3) is 0.647. The average molecular weight is 278 g/mol. The Kier molecular flexibility index (Phi) is 7.82. The van der Waals surface area contributed by atoms with E-state index in [4.69, 9.17) is 10.5 Å². The summed E-state index contributed by atoms with van der Waals surface area (Å²) in [6, 6.07) is 9.21. The Morgan fingerprint density at radius 2 is 1.85 bits per heavy atom. The molecule has 0 aliphatic rings. The minimum atomic E-state index is 0.292. The van der Waals surface area contributed by atoms with Crippen LogP contribution in [0.4, 0.5) is 0 Å². The number of nitrogens with zero attached hydrogens (tertiary/aromatic N) is 1. The van der Waals surface area contributed by atoms with Crippen molar-refractivity contribution in [3.63, 3.8) is 0 Å². The lowest BCUT2D eigenvalue weighted by Gasteiger charge is -2.27. The van der Waals surface area contributed by atoms with Crippen molar-refractivity contribution in [2.75, 3.05) is 33.9 Å². The van der Waals surface area contributed by atoms with Crippen molar-refractivity contribution in [2.45, 2.75) is 32.7 Å². The van der Waals surface area contributed by atoms with Crippen LogP contribution < -0.4 is 5.73 Å². The molecule has 1 aromatic carbocycles. The summed E-state index contributed by atoms with van der Waals surface area (Å²) in [6.45, 7) is 6.95. The molecule has 1 unspecified atom stereocenters. The summed E-state index contributed by atoms with van der Waals surface area (Å²) in [5.74, 6) is 0.697. The molecule has 20 heavy (non-hydrogen) atoms. The van der Waals surface area contributed by atoms with Gasteiger partial charge in [0.2, 0.25) is 0 Å². The van der Waals surface area contributed by atoms with E-state index in [9.17, 15) is 0 Å². The molecule has 0 heterocycles. The van der Waals surface area contributed by atoms with E-state index in [-0.39, 0.29) is 0 Å². The molecule has 1 aromatic rings. The molecule has 0 aromatic heterocycles. The van der Waals surface area contributed by atoms with Crippen LogP contribution in [0.3, 0.4) is 0 Å². The molecule has 2 N–H and O–H groups in total. The van der Waals surface area contributed by atoms with Gasteiger partial charge in [0.1, 0.15) is 0 Å². The van der Waals surface area contributed by atoms with Crippen LogP contribution in [-0.2, 0) is 11.2 Å². The van der Waals surface area contributed by atoms with Gasteiger partial charge < -0.3 is 10.5 Å². The summed E-state index contributed by atoms with van der Waals surface area (Å²) in [7, 11) is 3.88. The predicted octanol–water partition coefficient (Wildman–Crippen LogP) is 2.85. The molecule has 0 bridgehead atoms. The Balaban J connectivity index is 2.64. The SMILES string of the molecule is COCCCN(C)C(CN)c1ccc(CC(C)C)cc1. The zero-order valence-electron chi connectivity index (χ0n) is 13.4. The molecule has 0 amide bonds. The first-order valence-corrected chi connectivity index (χ1v) is 7.56. The van der Waals surface area contributed by atoms with Gasteiger partial charge >= 0.3 is 0 Å². The van der Waals surface area contributed by atoms with Crippen LogP contribution in [0.25, 0.3) is 0 Å². The van der Waals surface area contributed by atoms with Gasteiger partial charge in [0.15, 0.2) is 0 Å². The van der Waals surface area contributed by atoms with E-state index in [0.29, 0.717) is 18.5 Å². The number of hydrogen-bond acceptors (Lipinski definition) is 3. The van der Waals surface area contributed by atoms with E-state index in [2.05, 4.69) is 50.1 Å². The number of ether oxygens (including phenoxy) is 1. The smallest absolute Gasteiger partial charge is 0.0474 e. The first kappa shape index (κ1) is 17.2. The predicted molar refractivity (Wildman–Crippen MR) is 85.9 cm³/mol. The van der Waals surface area contributed by atoms with Crippen molar-refractivity contribution < 1.29 is 4.74 Å². The molecule has 0 spiro atoms. The molecular formula is C17H30N2O. The Morgan fingerprint density at radius 3 is 2.35 bits per heavy atom. The number of rotatable bonds is 9. The molecule has 0 aliphatic carbocycles. The Hall–Kier alpha value is -0.900. The van der Waals surface area contributed by atoms with Gasteiger partial charge in [0.05, 0.1) is 0 Å². The van der Waals surface area contributed by atoms with Crippen molar-refractivity contribution in [3.8, 4) is 0 Å². The first-order chi connectivity index (χ1) is 9.58. The first-order valence-electron chi connectivity index (χ1n) is 7.56. The van der Waals surface area contributed by atoms with Gasteiger partial charge in [0, 0.05) is 32.8 Å². The summed E-state index contributed by atoms with van der Waals surface area (Å²) in [6.07, 6.45) is 2.17. The summed E-state index contributed by atoms with van der Waals surface area (Å²) >= 11 is 0. The summed E-state index contributed by atoms with van der Waals surface area (Å²) < 4.78 is 5.11. The van der Waals surface area contributed by atoms with Crippen LogP contribution in [0.1, 0.15) is 37.4 Å². The maximum atomic E-state index is 5.96. The number of nitrogens with two attached hydrogens (primary N) is 1. The number of methoxy groups -OCH3 is 1. The van der Waals surface area contributed by atoms with Crippen LogP contribution in [0, 0.1) is 5.92 Å². The molecule has 3 heteroatoms. The number of likely N-dealkylation sites (N-methyl/N-ethyl adjacent to an activating group) is 1. The van der Waals surface area contributed by atoms with Crippen molar-refractivity contribution in [1.29, 1.82) is 0 Å². The van der Waals surface area contributed by atoms with Crippen molar-refractivity contribution in [3.05, 3.63) is 35.4 Å². The third-order valence-electron chi connectivity index (χ3n) is 3.62. The second kappa shape index (κ2) is 9.11. The zero-order chi connectivity index (χ0) is 15.0. The standard InChI is InChI=1S/C17H30N2O/c1-14(2)12-15-6-8-16(9-7-15)17(13-18)19(3)10-5-11-20-4/h6-9,14,17H,5,10-13,18H2,1-4H3.